The molecule has 0 bridgehead atoms. The molecule has 0 atom stereocenters. The number of hydrogen-bond donors (Lipinski definition) is 1. The second-order valence-electron chi connectivity index (χ2n) is 2.43. The van der Waals surface area contributed by atoms with Crippen molar-refractivity contribution in [1.29, 1.82) is 0 Å². The van der Waals surface area contributed by atoms with Gasteiger partial charge in [-0.25, -0.2) is 0 Å². The van der Waals surface area contributed by atoms with Crippen LogP contribution in [0.1, 0.15) is 1.37 Å². The van der Waals surface area contributed by atoms with Crippen LogP contribution in [0.25, 0.3) is 10.8 Å². The molecule has 0 saturated heterocycles. The summed E-state index contributed by atoms with van der Waals surface area (Å²) in [5.74, 6) is 0. The second kappa shape index (κ2) is 2.27. The van der Waals surface area contributed by atoms with E-state index in [1.165, 1.54) is 0 Å². The number of hydrogen-bond acceptors (Lipinski definition) is 1. The van der Waals surface area contributed by atoms with E-state index >= 15 is 0 Å². The minimum absolute atomic E-state index is 0.230. The van der Waals surface area contributed by atoms with E-state index in [9.17, 15) is 0 Å². The zero-order valence-electron chi connectivity index (χ0n) is 8.91. The van der Waals surface area contributed by atoms with Gasteiger partial charge < -0.3 is 5.72 Å². The first-order valence-corrected chi connectivity index (χ1v) is 3.46. The van der Waals surface area contributed by atoms with Gasteiger partial charge in [0.05, 0.1) is 1.37 Å². The summed E-state index contributed by atoms with van der Waals surface area (Å²) in [4.78, 5) is 0. The summed E-state index contributed by atoms with van der Waals surface area (Å²) in [6.07, 6.45) is 0. The Labute approximate surface area is 69.8 Å². The van der Waals surface area contributed by atoms with Gasteiger partial charge in [0.1, 0.15) is 0 Å². The van der Waals surface area contributed by atoms with Crippen molar-refractivity contribution < 1.29 is 4.19 Å². The number of nitrogen functional groups attached to an aromatic ring is 1. The van der Waals surface area contributed by atoms with Crippen molar-refractivity contribution >= 4 is 16.5 Å². The monoisotopic (exact) mass is 146 g/mol. The normalized spacial score (nSPS) is 13.6. The Hall–Kier alpha value is -1.50. The zero-order valence-corrected chi connectivity index (χ0v) is 5.91. The lowest BCUT2D eigenvalue weighted by atomic mass is 10.1. The molecule has 11 heavy (non-hydrogen) atoms. The first-order valence-electron chi connectivity index (χ1n) is 4.86. The maximum atomic E-state index is 7.79. The highest BCUT2D eigenvalue weighted by molar-refractivity contribution is 5.85. The third-order valence-corrected chi connectivity index (χ3v) is 1.64. The van der Waals surface area contributed by atoms with Crippen molar-refractivity contribution in [2.75, 3.05) is 5.72 Å². The standard InChI is InChI=1S/C10H9N/c11-10-6-5-8-3-1-2-4-9(8)7-10/h1-7H,11H2/i7D/hD2. The van der Waals surface area contributed by atoms with Gasteiger partial charge in [-0.2, -0.15) is 0 Å². The SMILES string of the molecule is [2H]c1c(N([2H])[2H])ccc2ccccc12. The molecule has 0 spiro atoms. The zero-order chi connectivity index (χ0) is 10.1. The van der Waals surface area contributed by atoms with Crippen LogP contribution in [0, 0.1) is 0 Å². The van der Waals surface area contributed by atoms with Gasteiger partial charge in [-0.05, 0) is 22.9 Å². The lowest BCUT2D eigenvalue weighted by Gasteiger charge is -1.96. The largest absolute Gasteiger partial charge is 0.399 e. The van der Waals surface area contributed by atoms with Crippen molar-refractivity contribution in [1.82, 2.24) is 0 Å². The van der Waals surface area contributed by atoms with E-state index in [4.69, 9.17) is 4.19 Å². The number of fused-ring (bicyclic) bond motifs is 1. The summed E-state index contributed by atoms with van der Waals surface area (Å²) >= 11 is 0. The van der Waals surface area contributed by atoms with Crippen LogP contribution in [0.4, 0.5) is 5.69 Å². The van der Waals surface area contributed by atoms with Crippen molar-refractivity contribution in [3.8, 4) is 0 Å². The number of rotatable bonds is 1. The molecule has 2 rings (SSSR count). The van der Waals surface area contributed by atoms with E-state index in [1.807, 2.05) is 30.3 Å². The van der Waals surface area contributed by atoms with Gasteiger partial charge in [-0.3, -0.25) is 0 Å². The average molecular weight is 146 g/mol. The molecule has 2 aromatic carbocycles. The minimum atomic E-state index is 0.230. The highest BCUT2D eigenvalue weighted by Gasteiger charge is 1.89. The fraction of sp³-hybridized carbons (Fsp3) is 0. The lowest BCUT2D eigenvalue weighted by Crippen LogP contribution is -1.82. The van der Waals surface area contributed by atoms with E-state index in [1.54, 1.807) is 6.07 Å². The molecule has 54 valence electrons. The first-order chi connectivity index (χ1) is 6.70. The van der Waals surface area contributed by atoms with E-state index in [0.717, 1.165) is 10.8 Å². The second-order valence-corrected chi connectivity index (χ2v) is 2.43. The van der Waals surface area contributed by atoms with E-state index in [0.29, 0.717) is 11.4 Å². The van der Waals surface area contributed by atoms with E-state index in [2.05, 4.69) is 0 Å². The fourth-order valence-electron chi connectivity index (χ4n) is 1.10. The van der Waals surface area contributed by atoms with Crippen LogP contribution < -0.4 is 5.72 Å². The van der Waals surface area contributed by atoms with Crippen LogP contribution >= 0.6 is 0 Å². The quantitative estimate of drug-likeness (QED) is 0.614. The number of benzene rings is 2. The van der Waals surface area contributed by atoms with Crippen molar-refractivity contribution in [2.24, 2.45) is 0 Å². The molecule has 0 aliphatic heterocycles. The predicted octanol–water partition coefficient (Wildman–Crippen LogP) is 2.42. The molecular formula is C10H9N. The van der Waals surface area contributed by atoms with Crippen LogP contribution in [0.3, 0.4) is 0 Å². The summed E-state index contributed by atoms with van der Waals surface area (Å²) < 4.78 is 22.0. The average Bonchev–Trinajstić information content (AvgIpc) is 2.18. The van der Waals surface area contributed by atoms with Crippen LogP contribution in [-0.4, -0.2) is 0 Å². The summed E-state index contributed by atoms with van der Waals surface area (Å²) in [7, 11) is 0. The van der Waals surface area contributed by atoms with Gasteiger partial charge >= 0.3 is 0 Å². The molecule has 1 nitrogen and oxygen atoms in total. The molecule has 2 aromatic rings. The molecule has 0 unspecified atom stereocenters. The highest BCUT2D eigenvalue weighted by Crippen LogP contribution is 2.15. The predicted molar refractivity (Wildman–Crippen MR) is 48.4 cm³/mol. The smallest absolute Gasteiger partial charge is 0.156 e. The van der Waals surface area contributed by atoms with Crippen LogP contribution in [-0.2, 0) is 0 Å². The van der Waals surface area contributed by atoms with E-state index in [-0.39, 0.29) is 6.04 Å². The summed E-state index contributed by atoms with van der Waals surface area (Å²) in [5, 5.41) is 1.73. The summed E-state index contributed by atoms with van der Waals surface area (Å²) in [5.41, 5.74) is 0.762. The minimum Gasteiger partial charge on any atom is -0.399 e. The third-order valence-electron chi connectivity index (χ3n) is 1.64. The first kappa shape index (κ1) is 3.77. The van der Waals surface area contributed by atoms with Crippen LogP contribution in [0.5, 0.6) is 0 Å². The van der Waals surface area contributed by atoms with Gasteiger partial charge in [-0.1, -0.05) is 30.3 Å². The molecule has 2 N–H and O–H groups in total. The van der Waals surface area contributed by atoms with Crippen LogP contribution in [0.2, 0.25) is 2.82 Å². The summed E-state index contributed by atoms with van der Waals surface area (Å²) in [6, 6.07) is 11.2. The molecule has 0 amide bonds. The molecule has 0 heterocycles. The van der Waals surface area contributed by atoms with Gasteiger partial charge in [-0.15, -0.1) is 0 Å². The van der Waals surface area contributed by atoms with Crippen LogP contribution in [0.15, 0.2) is 42.4 Å². The molecule has 0 aliphatic rings. The molecule has 1 heteroatoms. The van der Waals surface area contributed by atoms with Crippen molar-refractivity contribution in [3.05, 3.63) is 42.4 Å². The summed E-state index contributed by atoms with van der Waals surface area (Å²) in [6.45, 7) is 0. The van der Waals surface area contributed by atoms with Gasteiger partial charge in [0.25, 0.3) is 0 Å². The highest BCUT2D eigenvalue weighted by atomic mass is 14.5. The van der Waals surface area contributed by atoms with E-state index < -0.39 is 0 Å². The van der Waals surface area contributed by atoms with Gasteiger partial charge in [0, 0.05) is 5.69 Å². The number of anilines is 1. The Balaban J connectivity index is 2.75. The van der Waals surface area contributed by atoms with Crippen molar-refractivity contribution in [3.63, 3.8) is 0 Å². The Morgan fingerprint density at radius 1 is 1.09 bits per heavy atom. The fourth-order valence-corrected chi connectivity index (χ4v) is 1.10. The molecular weight excluding hydrogens is 134 g/mol. The molecule has 0 aromatic heterocycles. The van der Waals surface area contributed by atoms with Gasteiger partial charge in [0.2, 0.25) is 0 Å². The molecule has 0 fully saturated rings. The molecule has 0 aliphatic carbocycles. The molecule has 0 radical (unpaired) electrons. The molecule has 0 saturated carbocycles. The third kappa shape index (κ3) is 1.05. The Morgan fingerprint density at radius 3 is 2.73 bits per heavy atom. The Bertz CT molecular complexity index is 468. The maximum Gasteiger partial charge on any atom is 0.156 e. The number of nitrogens with two attached hydrogens (primary N) is 1. The van der Waals surface area contributed by atoms with Crippen molar-refractivity contribution in [2.45, 2.75) is 0 Å². The Kier molecular flexibility index (Phi) is 0.779. The topological polar surface area (TPSA) is 26.0 Å². The Morgan fingerprint density at radius 2 is 1.91 bits per heavy atom. The van der Waals surface area contributed by atoms with Gasteiger partial charge in [0.15, 0.2) is 2.82 Å². The lowest BCUT2D eigenvalue weighted by molar-refractivity contribution is 1.73. The maximum absolute atomic E-state index is 7.79.